The lowest BCUT2D eigenvalue weighted by atomic mass is 9.88. The fraction of sp³-hybridized carbons (Fsp3) is 0.588. The molecule has 1 aromatic rings. The van der Waals surface area contributed by atoms with Gasteiger partial charge in [0.05, 0.1) is 5.60 Å². The van der Waals surface area contributed by atoms with Gasteiger partial charge in [-0.3, -0.25) is 4.79 Å². The second-order valence-corrected chi connectivity index (χ2v) is 6.25. The summed E-state index contributed by atoms with van der Waals surface area (Å²) in [4.78, 5) is 12.2. The second kappa shape index (κ2) is 6.16. The van der Waals surface area contributed by atoms with Crippen molar-refractivity contribution in [3.63, 3.8) is 0 Å². The molecule has 21 heavy (non-hydrogen) atoms. The van der Waals surface area contributed by atoms with Crippen molar-refractivity contribution < 1.29 is 14.6 Å². The van der Waals surface area contributed by atoms with Crippen LogP contribution in [0.2, 0.25) is 0 Å². The minimum absolute atomic E-state index is 0.0199. The van der Waals surface area contributed by atoms with Crippen LogP contribution in [0, 0.1) is 0 Å². The number of aliphatic hydroxyl groups is 1. The Balaban J connectivity index is 1.59. The maximum atomic E-state index is 12.2. The molecule has 114 valence electrons. The van der Waals surface area contributed by atoms with Crippen LogP contribution in [0.25, 0.3) is 0 Å². The Kier molecular flexibility index (Phi) is 4.27. The van der Waals surface area contributed by atoms with Crippen molar-refractivity contribution in [3.05, 3.63) is 35.9 Å². The lowest BCUT2D eigenvalue weighted by Gasteiger charge is -2.38. The zero-order valence-electron chi connectivity index (χ0n) is 12.3. The third kappa shape index (κ3) is 3.27. The predicted octanol–water partition coefficient (Wildman–Crippen LogP) is 2.33. The van der Waals surface area contributed by atoms with Crippen molar-refractivity contribution in [3.8, 4) is 0 Å². The molecule has 0 aromatic heterocycles. The molecule has 2 fully saturated rings. The molecule has 3 rings (SSSR count). The average molecular weight is 289 g/mol. The van der Waals surface area contributed by atoms with Crippen molar-refractivity contribution in [2.75, 3.05) is 6.61 Å². The normalized spacial score (nSPS) is 25.7. The van der Waals surface area contributed by atoms with Crippen molar-refractivity contribution >= 4 is 5.91 Å². The smallest absolute Gasteiger partial charge is 0.253 e. The Morgan fingerprint density at radius 3 is 2.71 bits per heavy atom. The largest absolute Gasteiger partial charge is 0.378 e. The van der Waals surface area contributed by atoms with Gasteiger partial charge in [0.2, 0.25) is 0 Å². The van der Waals surface area contributed by atoms with Gasteiger partial charge in [-0.2, -0.15) is 0 Å². The maximum absolute atomic E-state index is 12.2. The van der Waals surface area contributed by atoms with Gasteiger partial charge < -0.3 is 15.2 Å². The standard InChI is InChI=1S/C17H23NO3/c19-15(13-6-2-1-3-7-13)16(20)18-14-8-11-21-17(12-14)9-4-5-10-17/h1-3,6-7,14-15,19H,4-5,8-12H2,(H,18,20). The molecule has 1 saturated carbocycles. The molecule has 0 bridgehead atoms. The Labute approximate surface area is 125 Å². The Hall–Kier alpha value is -1.39. The number of rotatable bonds is 3. The zero-order chi connectivity index (χ0) is 14.7. The van der Waals surface area contributed by atoms with Crippen molar-refractivity contribution in [1.82, 2.24) is 5.32 Å². The summed E-state index contributed by atoms with van der Waals surface area (Å²) in [5, 5.41) is 13.1. The Morgan fingerprint density at radius 2 is 2.00 bits per heavy atom. The van der Waals surface area contributed by atoms with Gasteiger partial charge in [-0.1, -0.05) is 43.2 Å². The zero-order valence-corrected chi connectivity index (χ0v) is 12.3. The summed E-state index contributed by atoms with van der Waals surface area (Å²) >= 11 is 0. The lowest BCUT2D eigenvalue weighted by Crippen LogP contribution is -2.48. The van der Waals surface area contributed by atoms with Crippen LogP contribution in [0.3, 0.4) is 0 Å². The monoisotopic (exact) mass is 289 g/mol. The van der Waals surface area contributed by atoms with Crippen LogP contribution in [0.1, 0.15) is 50.2 Å². The van der Waals surface area contributed by atoms with E-state index in [1.54, 1.807) is 12.1 Å². The van der Waals surface area contributed by atoms with Gasteiger partial charge in [-0.15, -0.1) is 0 Å². The van der Waals surface area contributed by atoms with Crippen molar-refractivity contribution in [1.29, 1.82) is 0 Å². The van der Waals surface area contributed by atoms with E-state index in [0.29, 0.717) is 12.2 Å². The molecule has 4 nitrogen and oxygen atoms in total. The number of carbonyl (C=O) groups is 1. The highest BCUT2D eigenvalue weighted by Gasteiger charge is 2.40. The minimum Gasteiger partial charge on any atom is -0.378 e. The fourth-order valence-electron chi connectivity index (χ4n) is 3.59. The SMILES string of the molecule is O=C(NC1CCOC2(CCCC2)C1)C(O)c1ccccc1. The van der Waals surface area contributed by atoms with Gasteiger partial charge in [0, 0.05) is 12.6 Å². The van der Waals surface area contributed by atoms with E-state index in [1.165, 1.54) is 12.8 Å². The molecule has 1 amide bonds. The van der Waals surface area contributed by atoms with Crippen LogP contribution >= 0.6 is 0 Å². The van der Waals surface area contributed by atoms with E-state index >= 15 is 0 Å². The number of ether oxygens (including phenoxy) is 1. The molecule has 1 aromatic carbocycles. The van der Waals surface area contributed by atoms with E-state index in [1.807, 2.05) is 18.2 Å². The molecule has 1 saturated heterocycles. The van der Waals surface area contributed by atoms with Crippen LogP contribution in [-0.4, -0.2) is 29.3 Å². The molecule has 2 unspecified atom stereocenters. The molecule has 1 aliphatic carbocycles. The number of hydrogen-bond donors (Lipinski definition) is 2. The molecule has 2 aliphatic rings. The summed E-state index contributed by atoms with van der Waals surface area (Å²) < 4.78 is 5.97. The van der Waals surface area contributed by atoms with Gasteiger partial charge in [-0.25, -0.2) is 0 Å². The topological polar surface area (TPSA) is 58.6 Å². The van der Waals surface area contributed by atoms with E-state index in [9.17, 15) is 9.90 Å². The quantitative estimate of drug-likeness (QED) is 0.898. The summed E-state index contributed by atoms with van der Waals surface area (Å²) in [6.07, 6.45) is 5.24. The first-order chi connectivity index (χ1) is 10.2. The predicted molar refractivity (Wildman–Crippen MR) is 79.7 cm³/mol. The van der Waals surface area contributed by atoms with Crippen molar-refractivity contribution in [2.24, 2.45) is 0 Å². The van der Waals surface area contributed by atoms with Crippen LogP contribution in [-0.2, 0) is 9.53 Å². The highest BCUT2D eigenvalue weighted by atomic mass is 16.5. The maximum Gasteiger partial charge on any atom is 0.253 e. The van der Waals surface area contributed by atoms with Gasteiger partial charge >= 0.3 is 0 Å². The van der Waals surface area contributed by atoms with E-state index < -0.39 is 6.10 Å². The van der Waals surface area contributed by atoms with E-state index in [2.05, 4.69) is 5.32 Å². The molecular formula is C17H23NO3. The molecule has 0 radical (unpaired) electrons. The van der Waals surface area contributed by atoms with Gasteiger partial charge in [0.25, 0.3) is 5.91 Å². The molecular weight excluding hydrogens is 266 g/mol. The molecule has 1 heterocycles. The second-order valence-electron chi connectivity index (χ2n) is 6.25. The highest BCUT2D eigenvalue weighted by Crippen LogP contribution is 2.40. The van der Waals surface area contributed by atoms with Crippen LogP contribution in [0.15, 0.2) is 30.3 Å². The minimum atomic E-state index is -1.09. The van der Waals surface area contributed by atoms with E-state index in [-0.39, 0.29) is 17.6 Å². The first kappa shape index (κ1) is 14.5. The summed E-state index contributed by atoms with van der Waals surface area (Å²) in [5.41, 5.74) is 0.617. The summed E-state index contributed by atoms with van der Waals surface area (Å²) in [5.74, 6) is -0.304. The van der Waals surface area contributed by atoms with Gasteiger partial charge in [0.1, 0.15) is 0 Å². The lowest BCUT2D eigenvalue weighted by molar-refractivity contribution is -0.133. The summed E-state index contributed by atoms with van der Waals surface area (Å²) in [6, 6.07) is 9.18. The summed E-state index contributed by atoms with van der Waals surface area (Å²) in [7, 11) is 0. The fourth-order valence-corrected chi connectivity index (χ4v) is 3.59. The molecule has 1 spiro atoms. The van der Waals surface area contributed by atoms with Crippen LogP contribution in [0.5, 0.6) is 0 Å². The molecule has 2 N–H and O–H groups in total. The Morgan fingerprint density at radius 1 is 1.29 bits per heavy atom. The third-order valence-corrected chi connectivity index (χ3v) is 4.72. The van der Waals surface area contributed by atoms with Gasteiger partial charge in [0.15, 0.2) is 6.10 Å². The molecule has 4 heteroatoms. The Bertz CT molecular complexity index is 482. The number of aliphatic hydroxyl groups excluding tert-OH is 1. The molecule has 1 aliphatic heterocycles. The first-order valence-corrected chi connectivity index (χ1v) is 7.86. The van der Waals surface area contributed by atoms with E-state index in [4.69, 9.17) is 4.74 Å². The first-order valence-electron chi connectivity index (χ1n) is 7.86. The highest BCUT2D eigenvalue weighted by molar-refractivity contribution is 5.82. The van der Waals surface area contributed by atoms with Gasteiger partial charge in [-0.05, 0) is 31.2 Å². The molecule has 2 atom stereocenters. The number of hydrogen-bond acceptors (Lipinski definition) is 3. The van der Waals surface area contributed by atoms with E-state index in [0.717, 1.165) is 25.7 Å². The summed E-state index contributed by atoms with van der Waals surface area (Å²) in [6.45, 7) is 0.701. The van der Waals surface area contributed by atoms with Crippen LogP contribution < -0.4 is 5.32 Å². The van der Waals surface area contributed by atoms with Crippen molar-refractivity contribution in [2.45, 2.75) is 56.3 Å². The van der Waals surface area contributed by atoms with Crippen LogP contribution in [0.4, 0.5) is 0 Å². The average Bonchev–Trinajstić information content (AvgIpc) is 2.95. The number of nitrogens with one attached hydrogen (secondary N) is 1. The number of benzene rings is 1. The third-order valence-electron chi connectivity index (χ3n) is 4.72. The number of carbonyl (C=O) groups excluding carboxylic acids is 1. The number of amides is 1.